The molecule has 0 aliphatic carbocycles. The smallest absolute Gasteiger partial charge is 0.137 e. The Kier molecular flexibility index (Phi) is 4.59. The minimum atomic E-state index is -1.05. The summed E-state index contributed by atoms with van der Waals surface area (Å²) in [7, 11) is 0. The lowest BCUT2D eigenvalue weighted by atomic mass is 10.1. The molecule has 4 heteroatoms. The highest BCUT2D eigenvalue weighted by molar-refractivity contribution is 5.67. The average Bonchev–Trinajstić information content (AvgIpc) is 2.84. The minimum Gasteiger partial charge on any atom is -0.550 e. The summed E-state index contributed by atoms with van der Waals surface area (Å²) in [6, 6.07) is 7.18. The maximum Gasteiger partial charge on any atom is 0.137 e. The van der Waals surface area contributed by atoms with Crippen molar-refractivity contribution in [3.63, 3.8) is 0 Å². The van der Waals surface area contributed by atoms with E-state index in [1.807, 2.05) is 12.1 Å². The Morgan fingerprint density at radius 1 is 1.22 bits per heavy atom. The van der Waals surface area contributed by atoms with E-state index >= 15 is 0 Å². The molecule has 1 N–H and O–H groups in total. The highest BCUT2D eigenvalue weighted by Crippen LogP contribution is 2.12. The van der Waals surface area contributed by atoms with Crippen LogP contribution >= 0.6 is 0 Å². The van der Waals surface area contributed by atoms with Crippen molar-refractivity contribution in [2.75, 3.05) is 26.2 Å². The second kappa shape index (κ2) is 6.40. The first-order chi connectivity index (χ1) is 8.74. The molecule has 1 saturated heterocycles. The largest absolute Gasteiger partial charge is 0.550 e. The van der Waals surface area contributed by atoms with Crippen LogP contribution in [0.5, 0.6) is 5.75 Å². The van der Waals surface area contributed by atoms with Crippen molar-refractivity contribution in [2.45, 2.75) is 19.3 Å². The third-order valence-corrected chi connectivity index (χ3v) is 3.31. The van der Waals surface area contributed by atoms with E-state index in [0.29, 0.717) is 0 Å². The van der Waals surface area contributed by atoms with Crippen molar-refractivity contribution in [3.05, 3.63) is 29.8 Å². The monoisotopic (exact) mass is 249 g/mol. The van der Waals surface area contributed by atoms with Gasteiger partial charge in [-0.1, -0.05) is 12.1 Å². The van der Waals surface area contributed by atoms with Gasteiger partial charge in [-0.3, -0.25) is 0 Å². The number of nitrogens with one attached hydrogen (secondary N) is 1. The van der Waals surface area contributed by atoms with Crippen LogP contribution in [0.3, 0.4) is 0 Å². The van der Waals surface area contributed by atoms with E-state index < -0.39 is 5.97 Å². The van der Waals surface area contributed by atoms with Gasteiger partial charge in [-0.15, -0.1) is 0 Å². The number of hydrogen-bond donors (Lipinski definition) is 1. The van der Waals surface area contributed by atoms with Gasteiger partial charge < -0.3 is 19.5 Å². The number of ether oxygens (including phenoxy) is 1. The number of carbonyl (C=O) groups excluding carboxylic acids is 1. The summed E-state index contributed by atoms with van der Waals surface area (Å²) in [5.41, 5.74) is 0.743. The van der Waals surface area contributed by atoms with Gasteiger partial charge in [0.1, 0.15) is 18.9 Å². The first kappa shape index (κ1) is 12.9. The molecule has 0 radical (unpaired) electrons. The number of hydrogen-bond acceptors (Lipinski definition) is 3. The quantitative estimate of drug-likeness (QED) is 0.706. The van der Waals surface area contributed by atoms with Gasteiger partial charge in [0.2, 0.25) is 0 Å². The van der Waals surface area contributed by atoms with Gasteiger partial charge in [0.05, 0.1) is 13.1 Å². The Labute approximate surface area is 107 Å². The number of quaternary nitrogens is 1. The fraction of sp³-hybridized carbons (Fsp3) is 0.500. The maximum atomic E-state index is 10.4. The number of aliphatic carboxylic acids is 1. The molecule has 0 atom stereocenters. The van der Waals surface area contributed by atoms with Gasteiger partial charge in [-0.05, 0) is 17.7 Å². The molecule has 1 aromatic rings. The van der Waals surface area contributed by atoms with Crippen LogP contribution in [0.25, 0.3) is 0 Å². The van der Waals surface area contributed by atoms with Crippen molar-refractivity contribution in [3.8, 4) is 5.75 Å². The highest BCUT2D eigenvalue weighted by atomic mass is 16.5. The van der Waals surface area contributed by atoms with Crippen LogP contribution in [0.4, 0.5) is 0 Å². The molecule has 18 heavy (non-hydrogen) atoms. The Morgan fingerprint density at radius 3 is 2.50 bits per heavy atom. The molecular formula is C14H19NO3. The van der Waals surface area contributed by atoms with Crippen LogP contribution in [0.2, 0.25) is 0 Å². The van der Waals surface area contributed by atoms with Crippen molar-refractivity contribution >= 4 is 5.97 Å². The van der Waals surface area contributed by atoms with E-state index in [2.05, 4.69) is 0 Å². The zero-order valence-electron chi connectivity index (χ0n) is 10.5. The fourth-order valence-corrected chi connectivity index (χ4v) is 2.31. The molecule has 1 aromatic carbocycles. The molecule has 1 aliphatic rings. The van der Waals surface area contributed by atoms with E-state index in [1.165, 1.54) is 25.9 Å². The molecule has 1 fully saturated rings. The summed E-state index contributed by atoms with van der Waals surface area (Å²) in [6.07, 6.45) is 2.61. The van der Waals surface area contributed by atoms with E-state index in [-0.39, 0.29) is 6.42 Å². The van der Waals surface area contributed by atoms with E-state index in [0.717, 1.165) is 24.5 Å². The summed E-state index contributed by atoms with van der Waals surface area (Å²) in [6.45, 7) is 4.28. The topological polar surface area (TPSA) is 53.8 Å². The zero-order chi connectivity index (χ0) is 12.8. The van der Waals surface area contributed by atoms with Crippen molar-refractivity contribution < 1.29 is 19.5 Å². The molecule has 0 spiro atoms. The first-order valence-electron chi connectivity index (χ1n) is 6.49. The number of carboxylic acids is 1. The predicted octanol–water partition coefficient (Wildman–Crippen LogP) is -0.963. The molecule has 1 heterocycles. The number of carboxylic acid groups (broad SMARTS) is 1. The zero-order valence-corrected chi connectivity index (χ0v) is 10.5. The summed E-state index contributed by atoms with van der Waals surface area (Å²) >= 11 is 0. The molecule has 1 aliphatic heterocycles. The lowest BCUT2D eigenvalue weighted by molar-refractivity contribution is -0.887. The van der Waals surface area contributed by atoms with Gasteiger partial charge in [-0.25, -0.2) is 0 Å². The van der Waals surface area contributed by atoms with Crippen LogP contribution in [0.15, 0.2) is 24.3 Å². The predicted molar refractivity (Wildman–Crippen MR) is 65.4 cm³/mol. The number of rotatable bonds is 6. The van der Waals surface area contributed by atoms with E-state index in [4.69, 9.17) is 4.74 Å². The summed E-state index contributed by atoms with van der Waals surface area (Å²) in [5, 5.41) is 10.4. The van der Waals surface area contributed by atoms with Gasteiger partial charge >= 0.3 is 0 Å². The van der Waals surface area contributed by atoms with Crippen molar-refractivity contribution in [2.24, 2.45) is 0 Å². The molecule has 0 aromatic heterocycles. The molecular weight excluding hydrogens is 230 g/mol. The van der Waals surface area contributed by atoms with Crippen molar-refractivity contribution in [1.29, 1.82) is 0 Å². The SMILES string of the molecule is O=C([O-])Cc1ccc(OCC[NH+]2CCCC2)cc1. The van der Waals surface area contributed by atoms with Gasteiger partial charge in [0.25, 0.3) is 0 Å². The third-order valence-electron chi connectivity index (χ3n) is 3.31. The lowest BCUT2D eigenvalue weighted by Crippen LogP contribution is -3.10. The Hall–Kier alpha value is -1.55. The highest BCUT2D eigenvalue weighted by Gasteiger charge is 2.14. The molecule has 0 saturated carbocycles. The lowest BCUT2D eigenvalue weighted by Gasteiger charge is -2.13. The molecule has 98 valence electrons. The number of carbonyl (C=O) groups is 1. The van der Waals surface area contributed by atoms with Crippen LogP contribution in [-0.2, 0) is 11.2 Å². The Morgan fingerprint density at radius 2 is 1.89 bits per heavy atom. The second-order valence-corrected chi connectivity index (χ2v) is 4.75. The summed E-state index contributed by atoms with van der Waals surface area (Å²) in [5.74, 6) is -0.253. The third kappa shape index (κ3) is 4.04. The molecule has 0 unspecified atom stereocenters. The molecule has 4 nitrogen and oxygen atoms in total. The van der Waals surface area contributed by atoms with Crippen LogP contribution in [-0.4, -0.2) is 32.2 Å². The van der Waals surface area contributed by atoms with Crippen LogP contribution in [0.1, 0.15) is 18.4 Å². The number of likely N-dealkylation sites (tertiary alicyclic amines) is 1. The Bertz CT molecular complexity index is 383. The molecule has 2 rings (SSSR count). The summed E-state index contributed by atoms with van der Waals surface area (Å²) in [4.78, 5) is 12.0. The average molecular weight is 249 g/mol. The standard InChI is InChI=1S/C14H19NO3/c16-14(17)11-12-3-5-13(6-4-12)18-10-9-15-7-1-2-8-15/h3-6H,1-2,7-11H2,(H,16,17). The minimum absolute atomic E-state index is 0.0434. The Balaban J connectivity index is 1.73. The van der Waals surface area contributed by atoms with Crippen LogP contribution in [0, 0.1) is 0 Å². The van der Waals surface area contributed by atoms with Gasteiger partial charge in [0.15, 0.2) is 0 Å². The second-order valence-electron chi connectivity index (χ2n) is 4.75. The molecule has 0 bridgehead atoms. The fourth-order valence-electron chi connectivity index (χ4n) is 2.31. The maximum absolute atomic E-state index is 10.4. The van der Waals surface area contributed by atoms with Crippen LogP contribution < -0.4 is 14.7 Å². The van der Waals surface area contributed by atoms with E-state index in [9.17, 15) is 9.90 Å². The summed E-state index contributed by atoms with van der Waals surface area (Å²) < 4.78 is 5.64. The normalized spacial score (nSPS) is 15.8. The number of benzene rings is 1. The first-order valence-corrected chi connectivity index (χ1v) is 6.49. The van der Waals surface area contributed by atoms with Gasteiger partial charge in [-0.2, -0.15) is 0 Å². The van der Waals surface area contributed by atoms with E-state index in [1.54, 1.807) is 17.0 Å². The van der Waals surface area contributed by atoms with Crippen molar-refractivity contribution in [1.82, 2.24) is 0 Å². The molecule has 0 amide bonds. The van der Waals surface area contributed by atoms with Gasteiger partial charge in [0, 0.05) is 25.2 Å².